The molecule has 134 valence electrons. The summed E-state index contributed by atoms with van der Waals surface area (Å²) >= 11 is 0. The highest BCUT2D eigenvalue weighted by Gasteiger charge is 2.18. The smallest absolute Gasteiger partial charge is 0.246 e. The first-order valence-electron chi connectivity index (χ1n) is 9.02. The maximum absolute atomic E-state index is 12.1. The lowest BCUT2D eigenvalue weighted by atomic mass is 9.95. The number of hydrogen-bond donors (Lipinski definition) is 2. The number of carbonyl (C=O) groups excluding carboxylic acids is 1. The number of amides is 1. The fraction of sp³-hybridized carbons (Fsp3) is 0.130. The number of nitrogens with one attached hydrogen (secondary N) is 2. The molecule has 4 nitrogen and oxygen atoms in total. The van der Waals surface area contributed by atoms with E-state index in [9.17, 15) is 4.79 Å². The van der Waals surface area contributed by atoms with Crippen molar-refractivity contribution >= 4 is 17.3 Å². The first kappa shape index (κ1) is 17.2. The summed E-state index contributed by atoms with van der Waals surface area (Å²) in [5.41, 5.74) is 7.09. The average molecular weight is 355 g/mol. The second kappa shape index (κ2) is 7.56. The maximum atomic E-state index is 12.1. The second-order valence-corrected chi connectivity index (χ2v) is 6.57. The molecule has 0 aromatic heterocycles. The molecular formula is C23H21N3O. The Balaban J connectivity index is 1.82. The lowest BCUT2D eigenvalue weighted by Gasteiger charge is -2.13. The molecule has 3 aromatic carbocycles. The molecule has 3 aromatic rings. The third-order valence-electron chi connectivity index (χ3n) is 4.62. The van der Waals surface area contributed by atoms with Crippen molar-refractivity contribution < 1.29 is 4.79 Å². The summed E-state index contributed by atoms with van der Waals surface area (Å²) in [6.07, 6.45) is 0. The predicted molar refractivity (Wildman–Crippen MR) is 110 cm³/mol. The van der Waals surface area contributed by atoms with Gasteiger partial charge in [0.1, 0.15) is 6.54 Å². The topological polar surface area (TPSA) is 53.5 Å². The van der Waals surface area contributed by atoms with Gasteiger partial charge in [-0.3, -0.25) is 9.79 Å². The summed E-state index contributed by atoms with van der Waals surface area (Å²) in [5, 5.41) is 6.16. The van der Waals surface area contributed by atoms with E-state index in [1.165, 1.54) is 5.56 Å². The van der Waals surface area contributed by atoms with Gasteiger partial charge in [0.05, 0.1) is 11.4 Å². The monoisotopic (exact) mass is 355 g/mol. The van der Waals surface area contributed by atoms with Gasteiger partial charge < -0.3 is 10.6 Å². The van der Waals surface area contributed by atoms with Crippen molar-refractivity contribution in [3.63, 3.8) is 0 Å². The highest BCUT2D eigenvalue weighted by atomic mass is 16.1. The molecule has 1 amide bonds. The molecule has 0 radical (unpaired) electrons. The Kier molecular flexibility index (Phi) is 4.81. The van der Waals surface area contributed by atoms with Crippen LogP contribution < -0.4 is 10.6 Å². The third-order valence-corrected chi connectivity index (χ3v) is 4.62. The summed E-state index contributed by atoms with van der Waals surface area (Å²) in [6.45, 7) is 0.956. The van der Waals surface area contributed by atoms with Crippen molar-refractivity contribution in [2.75, 3.05) is 18.9 Å². The van der Waals surface area contributed by atoms with Crippen LogP contribution in [0.4, 0.5) is 5.69 Å². The van der Waals surface area contributed by atoms with Crippen LogP contribution in [0.15, 0.2) is 77.8 Å². The zero-order chi connectivity index (χ0) is 18.6. The molecule has 0 atom stereocenters. The van der Waals surface area contributed by atoms with Crippen LogP contribution in [0.25, 0.3) is 11.1 Å². The first-order chi connectivity index (χ1) is 13.2. The number of hydrogen-bond acceptors (Lipinski definition) is 3. The maximum Gasteiger partial charge on any atom is 0.246 e. The van der Waals surface area contributed by atoms with Crippen molar-refractivity contribution in [1.29, 1.82) is 0 Å². The van der Waals surface area contributed by atoms with Gasteiger partial charge in [0, 0.05) is 17.7 Å². The third kappa shape index (κ3) is 3.66. The van der Waals surface area contributed by atoms with Gasteiger partial charge >= 0.3 is 0 Å². The lowest BCUT2D eigenvalue weighted by molar-refractivity contribution is -0.114. The number of carbonyl (C=O) groups is 1. The van der Waals surface area contributed by atoms with Crippen LogP contribution in [0.5, 0.6) is 0 Å². The van der Waals surface area contributed by atoms with Crippen molar-refractivity contribution in [3.05, 3.63) is 89.5 Å². The molecular weight excluding hydrogens is 334 g/mol. The van der Waals surface area contributed by atoms with E-state index in [-0.39, 0.29) is 12.5 Å². The van der Waals surface area contributed by atoms with Crippen molar-refractivity contribution in [3.8, 4) is 11.1 Å². The van der Waals surface area contributed by atoms with Crippen LogP contribution in [0, 0.1) is 0 Å². The van der Waals surface area contributed by atoms with Crippen LogP contribution in [-0.4, -0.2) is 25.2 Å². The van der Waals surface area contributed by atoms with Crippen molar-refractivity contribution in [2.24, 2.45) is 4.99 Å². The molecule has 4 heteroatoms. The molecule has 1 aliphatic rings. The highest BCUT2D eigenvalue weighted by Crippen LogP contribution is 2.29. The van der Waals surface area contributed by atoms with Crippen molar-refractivity contribution in [2.45, 2.75) is 6.54 Å². The molecule has 1 aliphatic heterocycles. The zero-order valence-electron chi connectivity index (χ0n) is 15.2. The molecule has 27 heavy (non-hydrogen) atoms. The quantitative estimate of drug-likeness (QED) is 0.747. The molecule has 0 saturated carbocycles. The van der Waals surface area contributed by atoms with Gasteiger partial charge in [0.25, 0.3) is 0 Å². The highest BCUT2D eigenvalue weighted by molar-refractivity contribution is 6.19. The minimum absolute atomic E-state index is 0.0917. The Hall–Kier alpha value is -3.24. The van der Waals surface area contributed by atoms with E-state index in [0.717, 1.165) is 40.2 Å². The summed E-state index contributed by atoms with van der Waals surface area (Å²) in [7, 11) is 1.94. The largest absolute Gasteiger partial charge is 0.324 e. The fourth-order valence-electron chi connectivity index (χ4n) is 3.36. The number of anilines is 1. The van der Waals surface area contributed by atoms with Crippen LogP contribution in [0.1, 0.15) is 16.7 Å². The average Bonchev–Trinajstić information content (AvgIpc) is 2.87. The van der Waals surface area contributed by atoms with E-state index in [4.69, 9.17) is 0 Å². The van der Waals surface area contributed by atoms with E-state index in [1.54, 1.807) is 0 Å². The number of nitrogens with zero attached hydrogens (tertiary/aromatic N) is 1. The van der Waals surface area contributed by atoms with Crippen molar-refractivity contribution in [1.82, 2.24) is 5.32 Å². The molecule has 1 heterocycles. The molecule has 0 fully saturated rings. The Labute approximate surface area is 159 Å². The number of benzene rings is 3. The second-order valence-electron chi connectivity index (χ2n) is 6.57. The molecule has 0 saturated heterocycles. The van der Waals surface area contributed by atoms with Gasteiger partial charge in [0.15, 0.2) is 0 Å². The normalized spacial score (nSPS) is 13.4. The predicted octanol–water partition coefficient (Wildman–Crippen LogP) is 3.86. The summed E-state index contributed by atoms with van der Waals surface area (Å²) in [5.74, 6) is -0.0917. The Morgan fingerprint density at radius 1 is 0.926 bits per heavy atom. The van der Waals surface area contributed by atoms with Gasteiger partial charge in [-0.15, -0.1) is 0 Å². The minimum Gasteiger partial charge on any atom is -0.324 e. The number of benzodiazepines with no additional fused rings is 1. The zero-order valence-corrected chi connectivity index (χ0v) is 15.2. The molecule has 2 N–H and O–H groups in total. The van der Waals surface area contributed by atoms with Crippen LogP contribution in [0.3, 0.4) is 0 Å². The van der Waals surface area contributed by atoms with E-state index in [2.05, 4.69) is 46.0 Å². The minimum atomic E-state index is -0.0917. The Morgan fingerprint density at radius 2 is 1.70 bits per heavy atom. The summed E-state index contributed by atoms with van der Waals surface area (Å²) in [4.78, 5) is 16.7. The van der Waals surface area contributed by atoms with Gasteiger partial charge in [-0.05, 0) is 41.9 Å². The van der Waals surface area contributed by atoms with Gasteiger partial charge in [-0.25, -0.2) is 0 Å². The van der Waals surface area contributed by atoms with Crippen LogP contribution in [0.2, 0.25) is 0 Å². The van der Waals surface area contributed by atoms with E-state index in [0.29, 0.717) is 0 Å². The molecule has 0 unspecified atom stereocenters. The van der Waals surface area contributed by atoms with E-state index < -0.39 is 0 Å². The SMILES string of the molecule is CNCc1cccc(-c2ccc3c(c2)C(c2ccccc2)=NCC(=O)N3)c1. The number of aliphatic imine (C=N–C) groups is 1. The first-order valence-corrected chi connectivity index (χ1v) is 9.02. The van der Waals surface area contributed by atoms with Gasteiger partial charge in [-0.1, -0.05) is 54.6 Å². The molecule has 0 aliphatic carbocycles. The molecule has 0 spiro atoms. The summed E-state index contributed by atoms with van der Waals surface area (Å²) in [6, 6.07) is 24.6. The van der Waals surface area contributed by atoms with E-state index in [1.807, 2.05) is 49.5 Å². The van der Waals surface area contributed by atoms with Crippen LogP contribution in [-0.2, 0) is 11.3 Å². The molecule has 4 rings (SSSR count). The van der Waals surface area contributed by atoms with E-state index >= 15 is 0 Å². The van der Waals surface area contributed by atoms with Gasteiger partial charge in [-0.2, -0.15) is 0 Å². The number of fused-ring (bicyclic) bond motifs is 1. The van der Waals surface area contributed by atoms with Gasteiger partial charge in [0.2, 0.25) is 5.91 Å². The molecule has 0 bridgehead atoms. The lowest BCUT2D eigenvalue weighted by Crippen LogP contribution is -2.13. The number of rotatable bonds is 4. The Bertz CT molecular complexity index is 1010. The fourth-order valence-corrected chi connectivity index (χ4v) is 3.36. The Morgan fingerprint density at radius 3 is 2.52 bits per heavy atom. The summed E-state index contributed by atoms with van der Waals surface area (Å²) < 4.78 is 0. The standard InChI is InChI=1S/C23H21N3O/c1-24-14-16-6-5-9-18(12-16)19-10-11-21-20(13-19)23(25-15-22(27)26-21)17-7-3-2-4-8-17/h2-13,24H,14-15H2,1H3,(H,26,27). The van der Waals surface area contributed by atoms with Crippen LogP contribution >= 0.6 is 0 Å².